The summed E-state index contributed by atoms with van der Waals surface area (Å²) in [7, 11) is 0. The zero-order chi connectivity index (χ0) is 17.0. The summed E-state index contributed by atoms with van der Waals surface area (Å²) < 4.78 is 10.9. The number of rotatable bonds is 3. The van der Waals surface area contributed by atoms with Gasteiger partial charge in [0.1, 0.15) is 18.0 Å². The van der Waals surface area contributed by atoms with E-state index in [1.807, 2.05) is 13.0 Å². The predicted octanol–water partition coefficient (Wildman–Crippen LogP) is 2.78. The molecule has 0 unspecified atom stereocenters. The molecule has 1 saturated carbocycles. The van der Waals surface area contributed by atoms with Gasteiger partial charge in [0.05, 0.1) is 11.5 Å². The van der Waals surface area contributed by atoms with Crippen LogP contribution in [0.1, 0.15) is 44.0 Å². The molecular formula is C18H22O5. The summed E-state index contributed by atoms with van der Waals surface area (Å²) in [6, 6.07) is 8.71. The lowest BCUT2D eigenvalue weighted by atomic mass is 9.90. The number of ether oxygens (including phenoxy) is 2. The Hall–Kier alpha value is -2.17. The van der Waals surface area contributed by atoms with Gasteiger partial charge in [0, 0.05) is 19.3 Å². The van der Waals surface area contributed by atoms with Crippen molar-refractivity contribution < 1.29 is 23.9 Å². The second-order valence-corrected chi connectivity index (χ2v) is 6.04. The monoisotopic (exact) mass is 318 g/mol. The lowest BCUT2D eigenvalue weighted by Gasteiger charge is -2.30. The topological polar surface area (TPSA) is 69.7 Å². The van der Waals surface area contributed by atoms with Crippen molar-refractivity contribution >= 4 is 17.7 Å². The van der Waals surface area contributed by atoms with Crippen LogP contribution in [0.3, 0.4) is 0 Å². The smallest absolute Gasteiger partial charge is 0.338 e. The third-order valence-electron chi connectivity index (χ3n) is 4.35. The van der Waals surface area contributed by atoms with Crippen molar-refractivity contribution in [2.45, 2.75) is 45.8 Å². The Morgan fingerprint density at radius 3 is 2.35 bits per heavy atom. The van der Waals surface area contributed by atoms with Crippen LogP contribution in [0.4, 0.5) is 0 Å². The maximum absolute atomic E-state index is 12.2. The van der Waals surface area contributed by atoms with E-state index in [0.717, 1.165) is 0 Å². The fourth-order valence-corrected chi connectivity index (χ4v) is 2.97. The molecule has 124 valence electrons. The van der Waals surface area contributed by atoms with Crippen molar-refractivity contribution in [1.29, 1.82) is 0 Å². The van der Waals surface area contributed by atoms with E-state index in [2.05, 4.69) is 0 Å². The highest BCUT2D eigenvalue weighted by Crippen LogP contribution is 2.31. The fourth-order valence-electron chi connectivity index (χ4n) is 2.97. The van der Waals surface area contributed by atoms with Gasteiger partial charge < -0.3 is 9.47 Å². The van der Waals surface area contributed by atoms with Gasteiger partial charge in [-0.3, -0.25) is 9.59 Å². The van der Waals surface area contributed by atoms with E-state index in [1.165, 1.54) is 6.92 Å². The average Bonchev–Trinajstić information content (AvgIpc) is 2.63. The minimum Gasteiger partial charge on any atom is -0.461 e. The number of hydrogen-bond acceptors (Lipinski definition) is 5. The van der Waals surface area contributed by atoms with Crippen LogP contribution in [0.25, 0.3) is 0 Å². The van der Waals surface area contributed by atoms with Gasteiger partial charge in [-0.1, -0.05) is 32.0 Å². The van der Waals surface area contributed by atoms with Crippen molar-refractivity contribution in [1.82, 2.24) is 0 Å². The fraction of sp³-hybridized carbons (Fsp3) is 0.500. The molecule has 0 radical (unpaired) electrons. The van der Waals surface area contributed by atoms with Crippen LogP contribution in [0.15, 0.2) is 30.3 Å². The van der Waals surface area contributed by atoms with Crippen LogP contribution in [-0.4, -0.2) is 29.9 Å². The van der Waals surface area contributed by atoms with E-state index in [4.69, 9.17) is 9.47 Å². The molecule has 0 aliphatic heterocycles. The number of ketones is 1. The second kappa shape index (κ2) is 7.40. The van der Waals surface area contributed by atoms with E-state index in [0.29, 0.717) is 18.4 Å². The van der Waals surface area contributed by atoms with Crippen molar-refractivity contribution in [2.24, 2.45) is 11.8 Å². The highest BCUT2D eigenvalue weighted by Gasteiger charge is 2.40. The first-order valence-corrected chi connectivity index (χ1v) is 7.86. The van der Waals surface area contributed by atoms with Gasteiger partial charge in [0.15, 0.2) is 0 Å². The molecule has 0 heterocycles. The Morgan fingerprint density at radius 1 is 1.09 bits per heavy atom. The van der Waals surface area contributed by atoms with Gasteiger partial charge in [-0.2, -0.15) is 0 Å². The number of carbonyl (C=O) groups is 3. The van der Waals surface area contributed by atoms with Crippen molar-refractivity contribution in [3.8, 4) is 0 Å². The molecular weight excluding hydrogens is 296 g/mol. The Labute approximate surface area is 136 Å². The molecule has 0 N–H and O–H groups in total. The van der Waals surface area contributed by atoms with Crippen LogP contribution in [0.5, 0.6) is 0 Å². The molecule has 1 aromatic rings. The number of esters is 2. The molecule has 0 bridgehead atoms. The largest absolute Gasteiger partial charge is 0.461 e. The first kappa shape index (κ1) is 17.2. The standard InChI is InChI=1S/C18H22O5/c1-11-15(20)9-10-16(12(2)17(11)22-13(3)19)23-18(21)14-7-5-4-6-8-14/h4-8,11-12,16-17H,9-10H2,1-3H3/t11-,12+,16+,17-/m1/s1. The molecule has 2 rings (SSSR count). The molecule has 1 aliphatic rings. The maximum Gasteiger partial charge on any atom is 0.338 e. The SMILES string of the molecule is CC(=O)O[C@H]1[C@@H](C)[C@@H](OC(=O)c2ccccc2)CCC(=O)[C@H]1C. The Kier molecular flexibility index (Phi) is 5.53. The Bertz CT molecular complexity index is 580. The minimum atomic E-state index is -0.573. The Balaban J connectivity index is 2.15. The van der Waals surface area contributed by atoms with Crippen molar-refractivity contribution in [3.05, 3.63) is 35.9 Å². The highest BCUT2D eigenvalue weighted by atomic mass is 16.6. The van der Waals surface area contributed by atoms with Crippen LogP contribution >= 0.6 is 0 Å². The zero-order valence-electron chi connectivity index (χ0n) is 13.7. The van der Waals surface area contributed by atoms with Crippen molar-refractivity contribution in [2.75, 3.05) is 0 Å². The first-order chi connectivity index (χ1) is 10.9. The lowest BCUT2D eigenvalue weighted by molar-refractivity contribution is -0.155. The van der Waals surface area contributed by atoms with Crippen LogP contribution in [0.2, 0.25) is 0 Å². The number of benzene rings is 1. The van der Waals surface area contributed by atoms with Gasteiger partial charge in [-0.15, -0.1) is 0 Å². The van der Waals surface area contributed by atoms with E-state index >= 15 is 0 Å². The summed E-state index contributed by atoms with van der Waals surface area (Å²) in [6.45, 7) is 4.93. The molecule has 0 spiro atoms. The summed E-state index contributed by atoms with van der Waals surface area (Å²) in [5, 5.41) is 0. The number of Topliss-reactive ketones (excluding diaryl/α,β-unsaturated/α-hetero) is 1. The van der Waals surface area contributed by atoms with E-state index < -0.39 is 30.1 Å². The molecule has 0 amide bonds. The molecule has 4 atom stereocenters. The van der Waals surface area contributed by atoms with E-state index in [9.17, 15) is 14.4 Å². The molecule has 5 heteroatoms. The summed E-state index contributed by atoms with van der Waals surface area (Å²) in [6.07, 6.45) is -0.270. The van der Waals surface area contributed by atoms with E-state index in [-0.39, 0.29) is 11.7 Å². The third-order valence-corrected chi connectivity index (χ3v) is 4.35. The van der Waals surface area contributed by atoms with Gasteiger partial charge in [0.2, 0.25) is 0 Å². The zero-order valence-corrected chi connectivity index (χ0v) is 13.7. The molecule has 23 heavy (non-hydrogen) atoms. The summed E-state index contributed by atoms with van der Waals surface area (Å²) in [4.78, 5) is 35.7. The van der Waals surface area contributed by atoms with Crippen molar-refractivity contribution in [3.63, 3.8) is 0 Å². The van der Waals surface area contributed by atoms with Crippen LogP contribution in [0, 0.1) is 11.8 Å². The second-order valence-electron chi connectivity index (χ2n) is 6.04. The number of carbonyl (C=O) groups excluding carboxylic acids is 3. The summed E-state index contributed by atoms with van der Waals surface area (Å²) in [5.41, 5.74) is 0.465. The van der Waals surface area contributed by atoms with Crippen LogP contribution in [-0.2, 0) is 19.1 Å². The molecule has 1 aromatic carbocycles. The molecule has 0 aromatic heterocycles. The van der Waals surface area contributed by atoms with Gasteiger partial charge in [-0.25, -0.2) is 4.79 Å². The van der Waals surface area contributed by atoms with Gasteiger partial charge in [-0.05, 0) is 18.6 Å². The van der Waals surface area contributed by atoms with Crippen LogP contribution < -0.4 is 0 Å². The lowest BCUT2D eigenvalue weighted by Crippen LogP contribution is -2.39. The molecule has 5 nitrogen and oxygen atoms in total. The molecule has 0 saturated heterocycles. The quantitative estimate of drug-likeness (QED) is 0.633. The van der Waals surface area contributed by atoms with E-state index in [1.54, 1.807) is 31.2 Å². The highest BCUT2D eigenvalue weighted by molar-refractivity contribution is 5.89. The normalized spacial score (nSPS) is 27.9. The van der Waals surface area contributed by atoms with Gasteiger partial charge >= 0.3 is 11.9 Å². The summed E-state index contributed by atoms with van der Waals surface area (Å²) >= 11 is 0. The molecule has 1 fully saturated rings. The Morgan fingerprint density at radius 2 is 1.74 bits per heavy atom. The predicted molar refractivity (Wildman–Crippen MR) is 83.8 cm³/mol. The minimum absolute atomic E-state index is 0.0290. The summed E-state index contributed by atoms with van der Waals surface area (Å²) in [5.74, 6) is -1.47. The third kappa shape index (κ3) is 4.18. The molecule has 1 aliphatic carbocycles. The average molecular weight is 318 g/mol. The first-order valence-electron chi connectivity index (χ1n) is 7.86. The van der Waals surface area contributed by atoms with Gasteiger partial charge in [0.25, 0.3) is 0 Å². The maximum atomic E-state index is 12.2. The number of hydrogen-bond donors (Lipinski definition) is 0.